The van der Waals surface area contributed by atoms with E-state index in [1.807, 2.05) is 0 Å². The van der Waals surface area contributed by atoms with Crippen molar-refractivity contribution in [3.05, 3.63) is 11.6 Å². The van der Waals surface area contributed by atoms with Gasteiger partial charge in [-0.05, 0) is 97.7 Å². The molecule has 2 unspecified atom stereocenters. The molecule has 8 atom stereocenters. The Morgan fingerprint density at radius 1 is 1.03 bits per heavy atom. The van der Waals surface area contributed by atoms with Crippen molar-refractivity contribution in [1.82, 2.24) is 0 Å². The van der Waals surface area contributed by atoms with E-state index in [2.05, 4.69) is 67.5 Å². The summed E-state index contributed by atoms with van der Waals surface area (Å²) in [4.78, 5) is 32.2. The number of rotatable bonds is 2. The van der Waals surface area contributed by atoms with E-state index < -0.39 is 10.8 Å². The van der Waals surface area contributed by atoms with Crippen molar-refractivity contribution in [2.75, 3.05) is 13.7 Å². The number of Topliss-reactive ketones (excluding diaryl/α,β-unsaturated/α-hetero) is 1. The fraction of sp³-hybridized carbons (Fsp3) is 0.824. The molecule has 5 heteroatoms. The molecule has 5 nitrogen and oxygen atoms in total. The molecule has 0 amide bonds. The predicted octanol–water partition coefficient (Wildman–Crippen LogP) is 7.35. The molecule has 4 fully saturated rings. The largest absolute Gasteiger partial charge is 0.469 e. The van der Waals surface area contributed by atoms with Crippen LogP contribution in [0.25, 0.3) is 0 Å². The van der Waals surface area contributed by atoms with Gasteiger partial charge < -0.3 is 4.74 Å². The number of nitriles is 1. The number of fused-ring (bicyclic) bond motifs is 7. The molecule has 5 rings (SSSR count). The highest BCUT2D eigenvalue weighted by molar-refractivity contribution is 6.04. The summed E-state index contributed by atoms with van der Waals surface area (Å²) in [6.45, 7) is 19.1. The standard InChI is InChI=1S/C34H50N2O3/c1-10-36-23-17-25-31(6)18-21(20-35)27(37)30(4,5)24(31)11-12-32(25,7)33(8)14-16-34(28(38)39-9)15-13-29(2,3)19-22(34)26(23)33/h18,22,24-26H,10-17,19H2,1-9H3/t22?,24-,25+,26?,31-,32+,33+,34-/m0/s1. The summed E-state index contributed by atoms with van der Waals surface area (Å²) in [7, 11) is 1.56. The van der Waals surface area contributed by atoms with Gasteiger partial charge in [0.15, 0.2) is 5.78 Å². The number of aliphatic imine (C=N–C) groups is 1. The van der Waals surface area contributed by atoms with E-state index in [1.54, 1.807) is 7.11 Å². The van der Waals surface area contributed by atoms with Crippen LogP contribution in [0.4, 0.5) is 0 Å². The van der Waals surface area contributed by atoms with E-state index in [-0.39, 0.29) is 57.1 Å². The maximum absolute atomic E-state index is 13.6. The van der Waals surface area contributed by atoms with Gasteiger partial charge in [-0.25, -0.2) is 0 Å². The third kappa shape index (κ3) is 3.58. The molecule has 5 aliphatic carbocycles. The average molecular weight is 535 g/mol. The summed E-state index contributed by atoms with van der Waals surface area (Å²) >= 11 is 0. The molecule has 0 heterocycles. The molecule has 214 valence electrons. The van der Waals surface area contributed by atoms with Crippen molar-refractivity contribution < 1.29 is 14.3 Å². The van der Waals surface area contributed by atoms with Gasteiger partial charge in [0, 0.05) is 23.6 Å². The number of carbonyl (C=O) groups is 2. The minimum atomic E-state index is -0.560. The van der Waals surface area contributed by atoms with Gasteiger partial charge in [-0.1, -0.05) is 54.5 Å². The fourth-order valence-corrected chi connectivity index (χ4v) is 11.3. The first-order valence-corrected chi connectivity index (χ1v) is 15.4. The Labute approximate surface area is 236 Å². The molecule has 0 saturated heterocycles. The van der Waals surface area contributed by atoms with Crippen LogP contribution in [-0.2, 0) is 14.3 Å². The van der Waals surface area contributed by atoms with Gasteiger partial charge in [-0.2, -0.15) is 5.26 Å². The number of methoxy groups -OCH3 is 1. The smallest absolute Gasteiger partial charge is 0.312 e. The molecule has 0 N–H and O–H groups in total. The maximum Gasteiger partial charge on any atom is 0.312 e. The highest BCUT2D eigenvalue weighted by Crippen LogP contribution is 2.76. The number of hydrogen-bond acceptors (Lipinski definition) is 5. The zero-order valence-electron chi connectivity index (χ0n) is 25.9. The van der Waals surface area contributed by atoms with Crippen molar-refractivity contribution in [3.63, 3.8) is 0 Å². The highest BCUT2D eigenvalue weighted by Gasteiger charge is 2.72. The van der Waals surface area contributed by atoms with Gasteiger partial charge in [0.05, 0.1) is 18.1 Å². The Morgan fingerprint density at radius 3 is 2.31 bits per heavy atom. The van der Waals surface area contributed by atoms with Crippen LogP contribution in [0, 0.1) is 67.5 Å². The van der Waals surface area contributed by atoms with Gasteiger partial charge in [-0.15, -0.1) is 0 Å². The topological polar surface area (TPSA) is 79.5 Å². The third-order valence-corrected chi connectivity index (χ3v) is 13.4. The minimum absolute atomic E-state index is 0.00314. The predicted molar refractivity (Wildman–Crippen MR) is 154 cm³/mol. The Hall–Kier alpha value is -1.96. The van der Waals surface area contributed by atoms with Crippen LogP contribution in [0.3, 0.4) is 0 Å². The third-order valence-electron chi connectivity index (χ3n) is 13.4. The Kier molecular flexibility index (Phi) is 6.42. The molecular formula is C34H50N2O3. The van der Waals surface area contributed by atoms with Crippen molar-refractivity contribution in [2.45, 2.75) is 107 Å². The summed E-state index contributed by atoms with van der Waals surface area (Å²) in [6.07, 6.45) is 9.83. The number of carbonyl (C=O) groups excluding carboxylic acids is 2. The fourth-order valence-electron chi connectivity index (χ4n) is 11.3. The molecule has 0 aliphatic heterocycles. The monoisotopic (exact) mass is 534 g/mol. The summed E-state index contributed by atoms with van der Waals surface area (Å²) in [5.74, 6) is 0.927. The van der Waals surface area contributed by atoms with E-state index in [0.29, 0.717) is 5.57 Å². The van der Waals surface area contributed by atoms with Crippen LogP contribution in [0.15, 0.2) is 16.6 Å². The lowest BCUT2D eigenvalue weighted by Crippen LogP contribution is -2.69. The van der Waals surface area contributed by atoms with E-state index >= 15 is 0 Å². The van der Waals surface area contributed by atoms with Crippen LogP contribution in [-0.4, -0.2) is 31.1 Å². The van der Waals surface area contributed by atoms with Crippen molar-refractivity contribution in [1.29, 1.82) is 5.26 Å². The van der Waals surface area contributed by atoms with Crippen LogP contribution in [0.1, 0.15) is 107 Å². The Balaban J connectivity index is 1.70. The van der Waals surface area contributed by atoms with Gasteiger partial charge >= 0.3 is 5.97 Å². The second-order valence-electron chi connectivity index (χ2n) is 15.8. The second-order valence-corrected chi connectivity index (χ2v) is 15.8. The molecule has 0 bridgehead atoms. The zero-order chi connectivity index (χ0) is 28.8. The number of ether oxygens (including phenoxy) is 1. The van der Waals surface area contributed by atoms with E-state index in [1.165, 1.54) is 5.71 Å². The van der Waals surface area contributed by atoms with Crippen molar-refractivity contribution in [2.24, 2.45) is 61.2 Å². The zero-order valence-corrected chi connectivity index (χ0v) is 25.9. The molecule has 39 heavy (non-hydrogen) atoms. The summed E-state index contributed by atoms with van der Waals surface area (Å²) in [5, 5.41) is 10.0. The number of ketones is 1. The van der Waals surface area contributed by atoms with Crippen LogP contribution < -0.4 is 0 Å². The molecule has 0 radical (unpaired) electrons. The molecule has 4 saturated carbocycles. The Morgan fingerprint density at radius 2 is 1.69 bits per heavy atom. The van der Waals surface area contributed by atoms with E-state index in [9.17, 15) is 14.9 Å². The summed E-state index contributed by atoms with van der Waals surface area (Å²) < 4.78 is 5.55. The number of allylic oxidation sites excluding steroid dienone is 2. The molecule has 5 aliphatic rings. The quantitative estimate of drug-likeness (QED) is 0.347. The van der Waals surface area contributed by atoms with Gasteiger partial charge in [-0.3, -0.25) is 14.6 Å². The van der Waals surface area contributed by atoms with E-state index in [0.717, 1.165) is 57.9 Å². The number of nitrogens with zero attached hydrogens (tertiary/aromatic N) is 2. The molecule has 0 aromatic heterocycles. The normalized spacial score (nSPS) is 47.0. The lowest BCUT2D eigenvalue weighted by molar-refractivity contribution is -0.207. The first kappa shape index (κ1) is 28.6. The first-order valence-electron chi connectivity index (χ1n) is 15.4. The van der Waals surface area contributed by atoms with Crippen molar-refractivity contribution >= 4 is 17.5 Å². The molecule has 0 aromatic rings. The minimum Gasteiger partial charge on any atom is -0.469 e. The van der Waals surface area contributed by atoms with Crippen LogP contribution >= 0.6 is 0 Å². The molecular weight excluding hydrogens is 484 g/mol. The lowest BCUT2D eigenvalue weighted by Gasteiger charge is -2.72. The second kappa shape index (κ2) is 8.77. The number of esters is 1. The van der Waals surface area contributed by atoms with Crippen LogP contribution in [0.5, 0.6) is 0 Å². The lowest BCUT2D eigenvalue weighted by atomic mass is 9.31. The summed E-state index contributed by atoms with van der Waals surface area (Å²) in [5.41, 5.74) is 0.523. The van der Waals surface area contributed by atoms with Crippen molar-refractivity contribution in [3.8, 4) is 6.07 Å². The van der Waals surface area contributed by atoms with Gasteiger partial charge in [0.25, 0.3) is 0 Å². The van der Waals surface area contributed by atoms with Gasteiger partial charge in [0.2, 0.25) is 0 Å². The van der Waals surface area contributed by atoms with E-state index in [4.69, 9.17) is 9.73 Å². The highest BCUT2D eigenvalue weighted by atomic mass is 16.5. The summed E-state index contributed by atoms with van der Waals surface area (Å²) in [6, 6.07) is 2.28. The average Bonchev–Trinajstić information content (AvgIpc) is 2.86. The van der Waals surface area contributed by atoms with Gasteiger partial charge in [0.1, 0.15) is 6.07 Å². The van der Waals surface area contributed by atoms with Crippen LogP contribution in [0.2, 0.25) is 0 Å². The SMILES string of the molecule is CCN=C1C[C@@H]2[C@@]3(C)C=C(C#N)C(=O)C(C)(C)[C@@H]3CC[C@@]2(C)[C@]2(C)CC[C@@]3(C(=O)OC)CCC(C)(C)CC3C12. The maximum atomic E-state index is 13.6. The number of hydrogen-bond donors (Lipinski definition) is 0. The first-order chi connectivity index (χ1) is 18.1. The molecule has 0 aromatic carbocycles. The molecule has 0 spiro atoms. The Bertz CT molecular complexity index is 1190.